The molecule has 0 saturated carbocycles. The molecule has 0 aliphatic carbocycles. The molecule has 0 aliphatic rings. The first-order valence-electron chi connectivity index (χ1n) is 6.61. The monoisotopic (exact) mass is 274 g/mol. The average molecular weight is 274 g/mol. The van der Waals surface area contributed by atoms with E-state index < -0.39 is 0 Å². The van der Waals surface area contributed by atoms with E-state index in [0.717, 1.165) is 16.8 Å². The number of aliphatic hydroxyl groups is 1. The molecule has 0 aliphatic heterocycles. The molecule has 2 amide bonds. The summed E-state index contributed by atoms with van der Waals surface area (Å²) >= 11 is 0. The Morgan fingerprint density at radius 1 is 1.35 bits per heavy atom. The lowest BCUT2D eigenvalue weighted by atomic mass is 10.1. The van der Waals surface area contributed by atoms with Crippen molar-refractivity contribution < 1.29 is 9.90 Å². The van der Waals surface area contributed by atoms with Gasteiger partial charge in [0.2, 0.25) is 0 Å². The Morgan fingerprint density at radius 3 is 2.60 bits per heavy atom. The van der Waals surface area contributed by atoms with Gasteiger partial charge in [-0.1, -0.05) is 11.8 Å². The van der Waals surface area contributed by atoms with Crippen LogP contribution in [0.15, 0.2) is 18.2 Å². The summed E-state index contributed by atoms with van der Waals surface area (Å²) in [4.78, 5) is 11.8. The molecule has 0 aromatic heterocycles. The summed E-state index contributed by atoms with van der Waals surface area (Å²) in [6.07, 6.45) is 0.465. The second-order valence-electron chi connectivity index (χ2n) is 5.63. The van der Waals surface area contributed by atoms with Crippen LogP contribution < -0.4 is 10.6 Å². The maximum Gasteiger partial charge on any atom is 0.319 e. The highest BCUT2D eigenvalue weighted by Crippen LogP contribution is 2.16. The number of rotatable bonds is 2. The third kappa shape index (κ3) is 5.77. The van der Waals surface area contributed by atoms with Crippen molar-refractivity contribution in [3.8, 4) is 11.8 Å². The van der Waals surface area contributed by atoms with Gasteiger partial charge < -0.3 is 15.7 Å². The van der Waals surface area contributed by atoms with E-state index >= 15 is 0 Å². The van der Waals surface area contributed by atoms with Crippen LogP contribution in [0, 0.1) is 18.8 Å². The lowest BCUT2D eigenvalue weighted by Crippen LogP contribution is -2.43. The highest BCUT2D eigenvalue weighted by atomic mass is 16.2. The maximum absolute atomic E-state index is 11.8. The zero-order valence-electron chi connectivity index (χ0n) is 12.5. The van der Waals surface area contributed by atoms with Crippen LogP contribution in [-0.4, -0.2) is 23.3 Å². The van der Waals surface area contributed by atoms with Crippen molar-refractivity contribution >= 4 is 11.7 Å². The van der Waals surface area contributed by atoms with Gasteiger partial charge in [-0.05, 0) is 51.5 Å². The summed E-state index contributed by atoms with van der Waals surface area (Å²) in [5, 5.41) is 14.3. The zero-order chi connectivity index (χ0) is 15.2. The molecule has 4 nitrogen and oxygen atoms in total. The SMILES string of the molecule is Cc1cc(C#CCCO)ccc1NC(=O)NC(C)(C)C. The molecule has 0 bridgehead atoms. The summed E-state index contributed by atoms with van der Waals surface area (Å²) in [7, 11) is 0. The number of amides is 2. The lowest BCUT2D eigenvalue weighted by molar-refractivity contribution is 0.244. The fraction of sp³-hybridized carbons (Fsp3) is 0.438. The van der Waals surface area contributed by atoms with Gasteiger partial charge in [-0.25, -0.2) is 4.79 Å². The van der Waals surface area contributed by atoms with Crippen LogP contribution in [0.4, 0.5) is 10.5 Å². The van der Waals surface area contributed by atoms with E-state index in [1.165, 1.54) is 0 Å². The van der Waals surface area contributed by atoms with Crippen LogP contribution in [0.5, 0.6) is 0 Å². The molecule has 4 heteroatoms. The first kappa shape index (κ1) is 16.1. The lowest BCUT2D eigenvalue weighted by Gasteiger charge is -2.21. The molecule has 108 valence electrons. The molecular formula is C16H22N2O2. The van der Waals surface area contributed by atoms with Crippen molar-refractivity contribution in [1.82, 2.24) is 5.32 Å². The molecule has 0 heterocycles. The number of carbonyl (C=O) groups excluding carboxylic acids is 1. The highest BCUT2D eigenvalue weighted by Gasteiger charge is 2.14. The maximum atomic E-state index is 11.8. The fourth-order valence-corrected chi connectivity index (χ4v) is 1.60. The third-order valence-corrected chi connectivity index (χ3v) is 2.43. The number of benzene rings is 1. The van der Waals surface area contributed by atoms with Crippen LogP contribution in [0.1, 0.15) is 38.3 Å². The van der Waals surface area contributed by atoms with Gasteiger partial charge in [0, 0.05) is 23.2 Å². The van der Waals surface area contributed by atoms with E-state index in [2.05, 4.69) is 22.5 Å². The van der Waals surface area contributed by atoms with Gasteiger partial charge in [0.1, 0.15) is 0 Å². The van der Waals surface area contributed by atoms with Gasteiger partial charge in [-0.3, -0.25) is 0 Å². The minimum absolute atomic E-state index is 0.0681. The van der Waals surface area contributed by atoms with Crippen molar-refractivity contribution in [3.05, 3.63) is 29.3 Å². The molecule has 3 N–H and O–H groups in total. The first-order valence-corrected chi connectivity index (χ1v) is 6.61. The minimum atomic E-state index is -0.270. The minimum Gasteiger partial charge on any atom is -0.395 e. The number of carbonyl (C=O) groups is 1. The fourth-order valence-electron chi connectivity index (χ4n) is 1.60. The molecule has 0 spiro atoms. The first-order chi connectivity index (χ1) is 9.31. The second kappa shape index (κ2) is 6.97. The van der Waals surface area contributed by atoms with E-state index in [4.69, 9.17) is 5.11 Å². The number of urea groups is 1. The molecule has 0 radical (unpaired) electrons. The van der Waals surface area contributed by atoms with E-state index in [9.17, 15) is 4.79 Å². The largest absolute Gasteiger partial charge is 0.395 e. The van der Waals surface area contributed by atoms with E-state index in [-0.39, 0.29) is 18.2 Å². The van der Waals surface area contributed by atoms with E-state index in [1.54, 1.807) is 0 Å². The Labute approximate surface area is 120 Å². The molecule has 1 aromatic rings. The Morgan fingerprint density at radius 2 is 2.05 bits per heavy atom. The van der Waals surface area contributed by atoms with Gasteiger partial charge in [-0.15, -0.1) is 0 Å². The molecule has 0 unspecified atom stereocenters. The van der Waals surface area contributed by atoms with Crippen molar-refractivity contribution in [2.45, 2.75) is 39.7 Å². The average Bonchev–Trinajstić information content (AvgIpc) is 2.30. The number of nitrogens with one attached hydrogen (secondary N) is 2. The quantitative estimate of drug-likeness (QED) is 0.726. The van der Waals surface area contributed by atoms with Gasteiger partial charge in [0.05, 0.1) is 6.61 Å². The topological polar surface area (TPSA) is 61.4 Å². The smallest absolute Gasteiger partial charge is 0.319 e. The molecule has 0 fully saturated rings. The number of aryl methyl sites for hydroxylation is 1. The summed E-state index contributed by atoms with van der Waals surface area (Å²) in [6.45, 7) is 7.78. The zero-order valence-corrected chi connectivity index (χ0v) is 12.5. The number of aliphatic hydroxyl groups excluding tert-OH is 1. The van der Waals surface area contributed by atoms with Crippen LogP contribution in [-0.2, 0) is 0 Å². The summed E-state index contributed by atoms with van der Waals surface area (Å²) in [5.74, 6) is 5.84. The van der Waals surface area contributed by atoms with Gasteiger partial charge >= 0.3 is 6.03 Å². The highest BCUT2D eigenvalue weighted by molar-refractivity contribution is 5.90. The molecule has 1 rings (SSSR count). The van der Waals surface area contributed by atoms with Crippen LogP contribution in [0.25, 0.3) is 0 Å². The Balaban J connectivity index is 2.74. The van der Waals surface area contributed by atoms with Crippen LogP contribution >= 0.6 is 0 Å². The molecule has 1 aromatic carbocycles. The predicted molar refractivity (Wildman–Crippen MR) is 81.7 cm³/mol. The van der Waals surface area contributed by atoms with Crippen LogP contribution in [0.2, 0.25) is 0 Å². The molecule has 0 saturated heterocycles. The summed E-state index contributed by atoms with van der Waals surface area (Å²) in [6, 6.07) is 5.38. The Kier molecular flexibility index (Phi) is 5.60. The van der Waals surface area contributed by atoms with Crippen molar-refractivity contribution in [2.24, 2.45) is 0 Å². The van der Waals surface area contributed by atoms with Crippen LogP contribution in [0.3, 0.4) is 0 Å². The number of hydrogen-bond acceptors (Lipinski definition) is 2. The normalized spacial score (nSPS) is 10.4. The Bertz CT molecular complexity index is 534. The predicted octanol–water partition coefficient (Wildman–Crippen LogP) is 2.65. The van der Waals surface area contributed by atoms with Crippen molar-refractivity contribution in [2.75, 3.05) is 11.9 Å². The number of hydrogen-bond donors (Lipinski definition) is 3. The van der Waals surface area contributed by atoms with Crippen molar-refractivity contribution in [1.29, 1.82) is 0 Å². The van der Waals surface area contributed by atoms with E-state index in [1.807, 2.05) is 45.9 Å². The second-order valence-corrected chi connectivity index (χ2v) is 5.63. The molecule has 0 atom stereocenters. The van der Waals surface area contributed by atoms with Gasteiger partial charge in [-0.2, -0.15) is 0 Å². The Hall–Kier alpha value is -1.99. The van der Waals surface area contributed by atoms with Crippen molar-refractivity contribution in [3.63, 3.8) is 0 Å². The summed E-state index contributed by atoms with van der Waals surface area (Å²) in [5.41, 5.74) is 2.32. The number of anilines is 1. The standard InChI is InChI=1S/C16H22N2O2/c1-12-11-13(7-5-6-10-19)8-9-14(12)17-15(20)18-16(2,3)4/h8-9,11,19H,6,10H2,1-4H3,(H2,17,18,20). The molecule has 20 heavy (non-hydrogen) atoms. The third-order valence-electron chi connectivity index (χ3n) is 2.43. The van der Waals surface area contributed by atoms with Gasteiger partial charge in [0.15, 0.2) is 0 Å². The van der Waals surface area contributed by atoms with Gasteiger partial charge in [0.25, 0.3) is 0 Å². The van der Waals surface area contributed by atoms with E-state index in [0.29, 0.717) is 6.42 Å². The molecular weight excluding hydrogens is 252 g/mol. The summed E-state index contributed by atoms with van der Waals surface area (Å²) < 4.78 is 0.